The van der Waals surface area contributed by atoms with Crippen LogP contribution in [0.15, 0.2) is 42.5 Å². The standard InChI is InChI=1S/C16H12ClF2NO3/c17-10-6-4-9(5-7-10)8-13(16(22)23)20-15(21)11-2-1-3-12(18)14(11)19/h1-7,13H,8H2,(H,20,21)(H,22,23)/t13-/m1/s1. The van der Waals surface area contributed by atoms with Crippen molar-refractivity contribution < 1.29 is 23.5 Å². The molecule has 23 heavy (non-hydrogen) atoms. The lowest BCUT2D eigenvalue weighted by atomic mass is 10.1. The van der Waals surface area contributed by atoms with Crippen LogP contribution in [-0.2, 0) is 11.2 Å². The summed E-state index contributed by atoms with van der Waals surface area (Å²) in [6.07, 6.45) is -0.0187. The van der Waals surface area contributed by atoms with Crippen LogP contribution in [0.3, 0.4) is 0 Å². The molecule has 0 spiro atoms. The highest BCUT2D eigenvalue weighted by Gasteiger charge is 2.23. The first-order chi connectivity index (χ1) is 10.9. The maximum Gasteiger partial charge on any atom is 0.326 e. The van der Waals surface area contributed by atoms with Crippen LogP contribution in [0, 0.1) is 11.6 Å². The van der Waals surface area contributed by atoms with Crippen LogP contribution in [0.25, 0.3) is 0 Å². The molecule has 0 aliphatic carbocycles. The minimum absolute atomic E-state index is 0.0187. The van der Waals surface area contributed by atoms with Crippen LogP contribution in [0.1, 0.15) is 15.9 Å². The molecule has 2 N–H and O–H groups in total. The molecule has 0 saturated heterocycles. The smallest absolute Gasteiger partial charge is 0.326 e. The number of carboxylic acid groups (broad SMARTS) is 1. The van der Waals surface area contributed by atoms with Gasteiger partial charge in [-0.15, -0.1) is 0 Å². The van der Waals surface area contributed by atoms with Crippen LogP contribution in [0.2, 0.25) is 5.02 Å². The third kappa shape index (κ3) is 4.26. The van der Waals surface area contributed by atoms with Crippen LogP contribution in [-0.4, -0.2) is 23.0 Å². The van der Waals surface area contributed by atoms with Gasteiger partial charge >= 0.3 is 5.97 Å². The Labute approximate surface area is 135 Å². The molecular formula is C16H12ClF2NO3. The highest BCUT2D eigenvalue weighted by Crippen LogP contribution is 2.13. The summed E-state index contributed by atoms with van der Waals surface area (Å²) in [7, 11) is 0. The maximum atomic E-state index is 13.6. The largest absolute Gasteiger partial charge is 0.480 e. The Bertz CT molecular complexity index is 735. The van der Waals surface area contributed by atoms with Gasteiger partial charge in [0.1, 0.15) is 6.04 Å². The lowest BCUT2D eigenvalue weighted by Crippen LogP contribution is -2.42. The fourth-order valence-electron chi connectivity index (χ4n) is 1.97. The molecule has 0 bridgehead atoms. The van der Waals surface area contributed by atoms with Gasteiger partial charge in [0, 0.05) is 11.4 Å². The number of nitrogens with one attached hydrogen (secondary N) is 1. The van der Waals surface area contributed by atoms with Gasteiger partial charge in [-0.2, -0.15) is 0 Å². The Morgan fingerprint density at radius 2 is 1.78 bits per heavy atom. The molecule has 0 heterocycles. The number of carboxylic acids is 1. The molecule has 120 valence electrons. The Morgan fingerprint density at radius 1 is 1.13 bits per heavy atom. The van der Waals surface area contributed by atoms with E-state index in [1.165, 1.54) is 6.07 Å². The second kappa shape index (κ2) is 7.19. The second-order valence-electron chi connectivity index (χ2n) is 4.80. The summed E-state index contributed by atoms with van der Waals surface area (Å²) >= 11 is 5.74. The predicted octanol–water partition coefficient (Wildman–Crippen LogP) is 3.04. The summed E-state index contributed by atoms with van der Waals surface area (Å²) < 4.78 is 26.7. The quantitative estimate of drug-likeness (QED) is 0.880. The average molecular weight is 340 g/mol. The van der Waals surface area contributed by atoms with Gasteiger partial charge in [-0.25, -0.2) is 13.6 Å². The zero-order valence-corrected chi connectivity index (χ0v) is 12.5. The van der Waals surface area contributed by atoms with E-state index in [9.17, 15) is 23.5 Å². The van der Waals surface area contributed by atoms with Gasteiger partial charge in [0.05, 0.1) is 5.56 Å². The van der Waals surface area contributed by atoms with Crippen molar-refractivity contribution in [3.63, 3.8) is 0 Å². The first kappa shape index (κ1) is 16.9. The number of hydrogen-bond acceptors (Lipinski definition) is 2. The van der Waals surface area contributed by atoms with Crippen LogP contribution < -0.4 is 5.32 Å². The molecule has 0 aliphatic rings. The summed E-state index contributed by atoms with van der Waals surface area (Å²) in [4.78, 5) is 23.3. The van der Waals surface area contributed by atoms with Gasteiger partial charge in [-0.3, -0.25) is 4.79 Å². The third-order valence-corrected chi connectivity index (χ3v) is 3.40. The van der Waals surface area contributed by atoms with Gasteiger partial charge < -0.3 is 10.4 Å². The summed E-state index contributed by atoms with van der Waals surface area (Å²) in [6.45, 7) is 0. The van der Waals surface area contributed by atoms with Gasteiger partial charge in [0.25, 0.3) is 5.91 Å². The monoisotopic (exact) mass is 339 g/mol. The first-order valence-electron chi connectivity index (χ1n) is 6.60. The topological polar surface area (TPSA) is 66.4 Å². The molecule has 0 unspecified atom stereocenters. The highest BCUT2D eigenvalue weighted by atomic mass is 35.5. The van der Waals surface area contributed by atoms with Crippen molar-refractivity contribution in [1.82, 2.24) is 5.32 Å². The van der Waals surface area contributed by atoms with E-state index in [2.05, 4.69) is 5.32 Å². The third-order valence-electron chi connectivity index (χ3n) is 3.15. The van der Waals surface area contributed by atoms with Crippen LogP contribution in [0.4, 0.5) is 8.78 Å². The molecule has 4 nitrogen and oxygen atoms in total. The van der Waals surface area contributed by atoms with Crippen molar-refractivity contribution in [1.29, 1.82) is 0 Å². The lowest BCUT2D eigenvalue weighted by molar-refractivity contribution is -0.139. The van der Waals surface area contributed by atoms with E-state index in [1.54, 1.807) is 24.3 Å². The van der Waals surface area contributed by atoms with E-state index >= 15 is 0 Å². The number of aliphatic carboxylic acids is 1. The van der Waals surface area contributed by atoms with Gasteiger partial charge in [-0.1, -0.05) is 29.8 Å². The van der Waals surface area contributed by atoms with Gasteiger partial charge in [0.15, 0.2) is 11.6 Å². The lowest BCUT2D eigenvalue weighted by Gasteiger charge is -2.15. The molecular weight excluding hydrogens is 328 g/mol. The number of hydrogen-bond donors (Lipinski definition) is 2. The van der Waals surface area contributed by atoms with Crippen molar-refractivity contribution in [3.8, 4) is 0 Å². The van der Waals surface area contributed by atoms with Gasteiger partial charge in [-0.05, 0) is 29.8 Å². The summed E-state index contributed by atoms with van der Waals surface area (Å²) in [5, 5.41) is 11.9. The zero-order valence-electron chi connectivity index (χ0n) is 11.7. The number of carbonyl (C=O) groups is 2. The Morgan fingerprint density at radius 3 is 2.39 bits per heavy atom. The van der Waals surface area contributed by atoms with E-state index in [0.717, 1.165) is 12.1 Å². The molecule has 0 fully saturated rings. The Balaban J connectivity index is 2.16. The van der Waals surface area contributed by atoms with Crippen molar-refractivity contribution in [2.24, 2.45) is 0 Å². The fourth-order valence-corrected chi connectivity index (χ4v) is 2.10. The molecule has 2 rings (SSSR count). The van der Waals surface area contributed by atoms with Crippen LogP contribution in [0.5, 0.6) is 0 Å². The SMILES string of the molecule is O=C(N[C@H](Cc1ccc(Cl)cc1)C(=O)O)c1cccc(F)c1F. The average Bonchev–Trinajstić information content (AvgIpc) is 2.51. The second-order valence-corrected chi connectivity index (χ2v) is 5.23. The van der Waals surface area contributed by atoms with Gasteiger partial charge in [0.2, 0.25) is 0 Å². The molecule has 0 radical (unpaired) electrons. The normalized spacial score (nSPS) is 11.8. The number of carbonyl (C=O) groups excluding carboxylic acids is 1. The predicted molar refractivity (Wildman–Crippen MR) is 80.4 cm³/mol. The summed E-state index contributed by atoms with van der Waals surface area (Å²) in [5.41, 5.74) is 0.0779. The summed E-state index contributed by atoms with van der Waals surface area (Å²) in [6, 6.07) is 8.24. The number of amides is 1. The van der Waals surface area contributed by atoms with Crippen LogP contribution >= 0.6 is 11.6 Å². The highest BCUT2D eigenvalue weighted by molar-refractivity contribution is 6.30. The first-order valence-corrected chi connectivity index (χ1v) is 6.98. The minimum Gasteiger partial charge on any atom is -0.480 e. The van der Waals surface area contributed by atoms with E-state index in [0.29, 0.717) is 10.6 Å². The molecule has 0 aliphatic heterocycles. The zero-order chi connectivity index (χ0) is 17.0. The molecule has 0 saturated carbocycles. The van der Waals surface area contributed by atoms with E-state index < -0.39 is 35.1 Å². The number of halogens is 3. The van der Waals surface area contributed by atoms with Crippen molar-refractivity contribution >= 4 is 23.5 Å². The van der Waals surface area contributed by atoms with Crippen molar-refractivity contribution in [2.75, 3.05) is 0 Å². The molecule has 1 atom stereocenters. The minimum atomic E-state index is -1.32. The van der Waals surface area contributed by atoms with E-state index in [-0.39, 0.29) is 6.42 Å². The number of rotatable bonds is 5. The fraction of sp³-hybridized carbons (Fsp3) is 0.125. The van der Waals surface area contributed by atoms with E-state index in [4.69, 9.17) is 11.6 Å². The number of benzene rings is 2. The molecule has 0 aromatic heterocycles. The van der Waals surface area contributed by atoms with Crippen molar-refractivity contribution in [3.05, 3.63) is 70.2 Å². The van der Waals surface area contributed by atoms with Crippen molar-refractivity contribution in [2.45, 2.75) is 12.5 Å². The summed E-state index contributed by atoms with van der Waals surface area (Å²) in [5.74, 6) is -4.78. The van der Waals surface area contributed by atoms with E-state index in [1.807, 2.05) is 0 Å². The maximum absolute atomic E-state index is 13.6. The molecule has 7 heteroatoms. The Kier molecular flexibility index (Phi) is 5.28. The Hall–Kier alpha value is -2.47. The molecule has 2 aromatic rings. The molecule has 2 aromatic carbocycles. The molecule has 1 amide bonds.